The standard InChI is InChI=1S/C18H27B/c1-12-9-10-18(19)14(11-12)6-7-16-15-4-2-3-13(15)5-8-17(16)18/h11,13,15-17H,1-10,19H2. The van der Waals surface area contributed by atoms with Crippen LogP contribution in [-0.4, -0.2) is 7.85 Å². The van der Waals surface area contributed by atoms with Crippen LogP contribution in [0.15, 0.2) is 23.8 Å². The lowest BCUT2D eigenvalue weighted by Crippen LogP contribution is -2.44. The maximum absolute atomic E-state index is 4.22. The molecule has 0 aromatic heterocycles. The highest BCUT2D eigenvalue weighted by molar-refractivity contribution is 6.18. The molecule has 0 aromatic rings. The molecule has 4 rings (SSSR count). The van der Waals surface area contributed by atoms with Crippen LogP contribution in [0.3, 0.4) is 0 Å². The Labute approximate surface area is 119 Å². The summed E-state index contributed by atoms with van der Waals surface area (Å²) in [6.45, 7) is 4.22. The van der Waals surface area contributed by atoms with Gasteiger partial charge in [-0.15, -0.1) is 0 Å². The summed E-state index contributed by atoms with van der Waals surface area (Å²) in [7, 11) is 2.59. The summed E-state index contributed by atoms with van der Waals surface area (Å²) in [6.07, 6.45) is 15.6. The Bertz CT molecular complexity index is 435. The van der Waals surface area contributed by atoms with Crippen molar-refractivity contribution in [2.75, 3.05) is 0 Å². The molecule has 19 heavy (non-hydrogen) atoms. The number of hydrogen-bond donors (Lipinski definition) is 0. The van der Waals surface area contributed by atoms with Crippen molar-refractivity contribution in [1.82, 2.24) is 0 Å². The van der Waals surface area contributed by atoms with Crippen LogP contribution in [-0.2, 0) is 0 Å². The second-order valence-corrected chi connectivity index (χ2v) is 7.99. The second kappa shape index (κ2) is 4.27. The van der Waals surface area contributed by atoms with E-state index in [1.807, 2.05) is 0 Å². The summed E-state index contributed by atoms with van der Waals surface area (Å²) in [4.78, 5) is 0. The Hall–Kier alpha value is -0.455. The molecule has 0 heterocycles. The normalized spacial score (nSPS) is 49.1. The molecule has 0 N–H and O–H groups in total. The van der Waals surface area contributed by atoms with Gasteiger partial charge in [0.15, 0.2) is 0 Å². The molecule has 3 saturated carbocycles. The van der Waals surface area contributed by atoms with Gasteiger partial charge in [-0.3, -0.25) is 0 Å². The molecule has 0 aromatic carbocycles. The predicted molar refractivity (Wildman–Crippen MR) is 84.0 cm³/mol. The number of rotatable bonds is 0. The summed E-state index contributed by atoms with van der Waals surface area (Å²) >= 11 is 0. The summed E-state index contributed by atoms with van der Waals surface area (Å²) in [5.41, 5.74) is 3.15. The number of hydrogen-bond acceptors (Lipinski definition) is 0. The van der Waals surface area contributed by atoms with E-state index in [4.69, 9.17) is 0 Å². The fourth-order valence-electron chi connectivity index (χ4n) is 6.27. The molecule has 5 unspecified atom stereocenters. The smallest absolute Gasteiger partial charge is 0.0958 e. The lowest BCUT2D eigenvalue weighted by Gasteiger charge is -2.55. The Morgan fingerprint density at radius 3 is 2.84 bits per heavy atom. The molecule has 0 saturated heterocycles. The molecule has 5 atom stereocenters. The van der Waals surface area contributed by atoms with Crippen LogP contribution < -0.4 is 0 Å². The van der Waals surface area contributed by atoms with Crippen molar-refractivity contribution in [2.24, 2.45) is 23.7 Å². The summed E-state index contributed by atoms with van der Waals surface area (Å²) in [6, 6.07) is 0. The largest absolute Gasteiger partial charge is 0.115 e. The van der Waals surface area contributed by atoms with Crippen LogP contribution >= 0.6 is 0 Å². The topological polar surface area (TPSA) is 0 Å². The van der Waals surface area contributed by atoms with Crippen LogP contribution in [0.4, 0.5) is 0 Å². The third-order valence-electron chi connectivity index (χ3n) is 7.28. The van der Waals surface area contributed by atoms with E-state index in [1.54, 1.807) is 18.4 Å². The maximum Gasteiger partial charge on any atom is 0.115 e. The molecule has 0 radical (unpaired) electrons. The summed E-state index contributed by atoms with van der Waals surface area (Å²) in [5.74, 6) is 4.27. The van der Waals surface area contributed by atoms with Gasteiger partial charge < -0.3 is 0 Å². The van der Waals surface area contributed by atoms with Crippen molar-refractivity contribution in [1.29, 1.82) is 0 Å². The second-order valence-electron chi connectivity index (χ2n) is 7.99. The molecule has 0 aliphatic heterocycles. The van der Waals surface area contributed by atoms with E-state index in [0.29, 0.717) is 5.31 Å². The van der Waals surface area contributed by atoms with E-state index in [0.717, 1.165) is 23.7 Å². The van der Waals surface area contributed by atoms with Crippen LogP contribution in [0.2, 0.25) is 5.31 Å². The van der Waals surface area contributed by atoms with E-state index < -0.39 is 0 Å². The van der Waals surface area contributed by atoms with Gasteiger partial charge in [-0.25, -0.2) is 0 Å². The molecule has 0 spiro atoms. The predicted octanol–water partition coefficient (Wildman–Crippen LogP) is 4.29. The highest BCUT2D eigenvalue weighted by Gasteiger charge is 2.51. The lowest BCUT2D eigenvalue weighted by atomic mass is 9.42. The Balaban J connectivity index is 1.68. The minimum absolute atomic E-state index is 0.539. The van der Waals surface area contributed by atoms with Gasteiger partial charge in [0.2, 0.25) is 0 Å². The zero-order valence-corrected chi connectivity index (χ0v) is 12.5. The van der Waals surface area contributed by atoms with Gasteiger partial charge >= 0.3 is 0 Å². The molecular weight excluding hydrogens is 227 g/mol. The molecule has 0 bridgehead atoms. The molecule has 1 heteroatoms. The molecular formula is C18H27B. The van der Waals surface area contributed by atoms with Crippen LogP contribution in [0.25, 0.3) is 0 Å². The first-order valence-corrected chi connectivity index (χ1v) is 8.57. The van der Waals surface area contributed by atoms with E-state index in [9.17, 15) is 0 Å². The molecule has 4 aliphatic rings. The van der Waals surface area contributed by atoms with Gasteiger partial charge in [0, 0.05) is 0 Å². The maximum atomic E-state index is 4.22. The minimum atomic E-state index is 0.539. The van der Waals surface area contributed by atoms with Crippen LogP contribution in [0.1, 0.15) is 57.8 Å². The first kappa shape index (κ1) is 12.3. The Morgan fingerprint density at radius 2 is 1.95 bits per heavy atom. The monoisotopic (exact) mass is 254 g/mol. The van der Waals surface area contributed by atoms with Gasteiger partial charge in [-0.1, -0.05) is 36.6 Å². The lowest BCUT2D eigenvalue weighted by molar-refractivity contribution is 0.0578. The Morgan fingerprint density at radius 1 is 1.05 bits per heavy atom. The van der Waals surface area contributed by atoms with Crippen molar-refractivity contribution in [3.05, 3.63) is 23.8 Å². The van der Waals surface area contributed by atoms with Gasteiger partial charge in [0.05, 0.1) is 0 Å². The molecule has 102 valence electrons. The van der Waals surface area contributed by atoms with E-state index in [2.05, 4.69) is 20.5 Å². The van der Waals surface area contributed by atoms with Crippen molar-refractivity contribution in [3.63, 3.8) is 0 Å². The zero-order chi connectivity index (χ0) is 13.0. The third kappa shape index (κ3) is 1.73. The van der Waals surface area contributed by atoms with Crippen LogP contribution in [0, 0.1) is 23.7 Å². The summed E-state index contributed by atoms with van der Waals surface area (Å²) < 4.78 is 0. The van der Waals surface area contributed by atoms with Gasteiger partial charge in [0.1, 0.15) is 7.85 Å². The first-order chi connectivity index (χ1) is 9.18. The Kier molecular flexibility index (Phi) is 2.76. The highest BCUT2D eigenvalue weighted by Crippen LogP contribution is 2.64. The molecule has 4 aliphatic carbocycles. The van der Waals surface area contributed by atoms with Crippen molar-refractivity contribution < 1.29 is 0 Å². The van der Waals surface area contributed by atoms with Gasteiger partial charge in [0.25, 0.3) is 0 Å². The van der Waals surface area contributed by atoms with E-state index >= 15 is 0 Å². The van der Waals surface area contributed by atoms with Gasteiger partial charge in [-0.05, 0) is 73.9 Å². The average molecular weight is 254 g/mol. The quantitative estimate of drug-likeness (QED) is 0.566. The minimum Gasteiger partial charge on any atom is -0.0958 e. The SMILES string of the molecule is BC12CCC(=C)C=C1CCC1C3CCCC3CCC12. The first-order valence-electron chi connectivity index (χ1n) is 8.57. The molecule has 0 nitrogen and oxygen atoms in total. The van der Waals surface area contributed by atoms with Crippen molar-refractivity contribution in [3.8, 4) is 0 Å². The van der Waals surface area contributed by atoms with Crippen molar-refractivity contribution >= 4 is 7.85 Å². The van der Waals surface area contributed by atoms with E-state index in [1.165, 1.54) is 50.5 Å². The fraction of sp³-hybridized carbons (Fsp3) is 0.778. The van der Waals surface area contributed by atoms with Crippen LogP contribution in [0.5, 0.6) is 0 Å². The zero-order valence-electron chi connectivity index (χ0n) is 12.5. The summed E-state index contributed by atoms with van der Waals surface area (Å²) in [5, 5.41) is 0.539. The molecule has 3 fully saturated rings. The highest BCUT2D eigenvalue weighted by atomic mass is 14.5. The fourth-order valence-corrected chi connectivity index (χ4v) is 6.27. The average Bonchev–Trinajstić information content (AvgIpc) is 2.88. The number of allylic oxidation sites excluding steroid dienone is 3. The molecule has 0 amide bonds. The third-order valence-corrected chi connectivity index (χ3v) is 7.28. The van der Waals surface area contributed by atoms with E-state index in [-0.39, 0.29) is 0 Å². The van der Waals surface area contributed by atoms with Crippen molar-refractivity contribution in [2.45, 2.75) is 63.1 Å². The van der Waals surface area contributed by atoms with Gasteiger partial charge in [-0.2, -0.15) is 0 Å². The number of fused-ring (bicyclic) bond motifs is 5.